The number of aliphatic carboxylic acids is 3. The predicted molar refractivity (Wildman–Crippen MR) is 194 cm³/mol. The highest BCUT2D eigenvalue weighted by Gasteiger charge is 2.36. The monoisotopic (exact) mass is 730 g/mol. The van der Waals surface area contributed by atoms with E-state index in [4.69, 9.17) is 0 Å². The summed E-state index contributed by atoms with van der Waals surface area (Å²) in [6, 6.07) is 3.54. The average molecular weight is 731 g/mol. The van der Waals surface area contributed by atoms with Crippen molar-refractivity contribution in [2.45, 2.75) is 116 Å². The van der Waals surface area contributed by atoms with E-state index < -0.39 is 48.1 Å². The molecule has 0 aliphatic carbocycles. The molecule has 0 saturated carbocycles. The van der Waals surface area contributed by atoms with E-state index in [0.717, 1.165) is 17.4 Å². The summed E-state index contributed by atoms with van der Waals surface area (Å²) >= 11 is 0. The summed E-state index contributed by atoms with van der Waals surface area (Å²) in [6.45, 7) is 8.99. The fourth-order valence-electron chi connectivity index (χ4n) is 6.91. The van der Waals surface area contributed by atoms with Crippen LogP contribution in [0, 0.1) is 6.92 Å². The zero-order valence-corrected chi connectivity index (χ0v) is 31.4. The third-order valence-electron chi connectivity index (χ3n) is 9.98. The second kappa shape index (κ2) is 22.3. The Morgan fingerprint density at radius 1 is 0.654 bits per heavy atom. The largest absolute Gasteiger partial charge is 0.480 e. The van der Waals surface area contributed by atoms with Gasteiger partial charge in [-0.15, -0.1) is 0 Å². The minimum absolute atomic E-state index is 0.0181. The Kier molecular flexibility index (Phi) is 19.0. The Morgan fingerprint density at radius 2 is 1.08 bits per heavy atom. The molecule has 1 saturated heterocycles. The number of ketones is 3. The van der Waals surface area contributed by atoms with E-state index >= 15 is 0 Å². The van der Waals surface area contributed by atoms with Crippen LogP contribution in [0.4, 0.5) is 0 Å². The summed E-state index contributed by atoms with van der Waals surface area (Å²) in [5.41, 5.74) is 2.05. The molecule has 0 aromatic heterocycles. The van der Waals surface area contributed by atoms with Crippen LogP contribution >= 0.6 is 0 Å². The first-order valence-electron chi connectivity index (χ1n) is 18.2. The van der Waals surface area contributed by atoms with Crippen molar-refractivity contribution in [3.8, 4) is 0 Å². The molecule has 1 fully saturated rings. The van der Waals surface area contributed by atoms with Gasteiger partial charge >= 0.3 is 17.9 Å². The first-order chi connectivity index (χ1) is 24.5. The number of carbonyl (C=O) groups is 7. The van der Waals surface area contributed by atoms with Crippen molar-refractivity contribution in [3.63, 3.8) is 0 Å². The van der Waals surface area contributed by atoms with Crippen molar-refractivity contribution >= 4 is 41.5 Å². The van der Waals surface area contributed by atoms with Crippen molar-refractivity contribution in [1.82, 2.24) is 19.6 Å². The number of hydrogen-bond acceptors (Lipinski definition) is 11. The summed E-state index contributed by atoms with van der Waals surface area (Å²) in [5, 5.41) is 31.2. The quantitative estimate of drug-likeness (QED) is 0.166. The predicted octanol–water partition coefficient (Wildman–Crippen LogP) is 2.57. The third kappa shape index (κ3) is 15.0. The zero-order valence-electron chi connectivity index (χ0n) is 31.4. The Hall–Kier alpha value is -3.85. The van der Waals surface area contributed by atoms with Crippen LogP contribution in [0.2, 0.25) is 0 Å². The Morgan fingerprint density at radius 3 is 1.50 bits per heavy atom. The molecular weight excluding hydrogens is 672 g/mol. The number of benzene rings is 1. The molecule has 3 N–H and O–H groups in total. The maximum absolute atomic E-state index is 13.0. The SMILES string of the molecule is CC(=O)CCC(C=O)N1CCN(C(CCC(C)=O)C(=O)O)CCN(C(CCC(C)=O)C(=O)O)CCN(C(CCc2ccc(C)cc2)C(=O)O)[C@H](C)C1. The van der Waals surface area contributed by atoms with Gasteiger partial charge in [-0.25, -0.2) is 0 Å². The molecular formula is C38H58N4O10. The maximum Gasteiger partial charge on any atom is 0.320 e. The topological polar surface area (TPSA) is 193 Å². The Labute approximate surface area is 307 Å². The first kappa shape index (κ1) is 44.3. The molecule has 14 heteroatoms. The smallest absolute Gasteiger partial charge is 0.320 e. The highest BCUT2D eigenvalue weighted by atomic mass is 16.4. The summed E-state index contributed by atoms with van der Waals surface area (Å²) in [6.07, 6.45) is 1.99. The molecule has 4 unspecified atom stereocenters. The van der Waals surface area contributed by atoms with Gasteiger partial charge in [-0.05, 0) is 72.3 Å². The van der Waals surface area contributed by atoms with Gasteiger partial charge in [0.15, 0.2) is 0 Å². The molecule has 1 aliphatic heterocycles. The van der Waals surface area contributed by atoms with Crippen molar-refractivity contribution in [1.29, 1.82) is 0 Å². The number of Topliss-reactive ketones (excluding diaryl/α,β-unsaturated/α-hetero) is 3. The molecule has 0 amide bonds. The Bertz CT molecular complexity index is 1370. The van der Waals surface area contributed by atoms with E-state index in [-0.39, 0.29) is 108 Å². The van der Waals surface area contributed by atoms with E-state index in [1.165, 1.54) is 20.8 Å². The van der Waals surface area contributed by atoms with E-state index in [9.17, 15) is 48.9 Å². The minimum atomic E-state index is -1.15. The van der Waals surface area contributed by atoms with Crippen LogP contribution in [0.3, 0.4) is 0 Å². The van der Waals surface area contributed by atoms with Crippen LogP contribution in [0.15, 0.2) is 24.3 Å². The summed E-state index contributed by atoms with van der Waals surface area (Å²) in [7, 11) is 0. The van der Waals surface area contributed by atoms with Gasteiger partial charge in [0.1, 0.15) is 41.8 Å². The van der Waals surface area contributed by atoms with Gasteiger partial charge in [0, 0.05) is 71.1 Å². The number of aldehydes is 1. The van der Waals surface area contributed by atoms with E-state index in [1.807, 2.05) is 47.9 Å². The van der Waals surface area contributed by atoms with Gasteiger partial charge < -0.3 is 34.5 Å². The van der Waals surface area contributed by atoms with Gasteiger partial charge in [0.25, 0.3) is 0 Å². The van der Waals surface area contributed by atoms with Gasteiger partial charge in [-0.3, -0.25) is 34.0 Å². The van der Waals surface area contributed by atoms with Gasteiger partial charge in [-0.1, -0.05) is 29.8 Å². The average Bonchev–Trinajstić information content (AvgIpc) is 3.05. The first-order valence-corrected chi connectivity index (χ1v) is 18.2. The van der Waals surface area contributed by atoms with Crippen molar-refractivity contribution < 1.29 is 48.9 Å². The molecule has 2 rings (SSSR count). The lowest BCUT2D eigenvalue weighted by molar-refractivity contribution is -0.148. The van der Waals surface area contributed by atoms with Crippen molar-refractivity contribution in [2.75, 3.05) is 45.8 Å². The standard InChI is InChI=1S/C38H58N4O10/c1-26-6-11-31(12-7-26)13-17-35(38(51)52)42-23-22-40(34(37(49)50)16-10-30(5)46)19-18-39(33(36(47)48)15-9-29(4)45)20-21-41(24-27(42)2)32(25-43)14-8-28(3)44/h6-7,11-12,25,27,32-35H,8-10,13-24H2,1-5H3,(H,47,48)(H,49,50)(H,51,52)/t27-,32?,33?,34?,35?/m1/s1. The van der Waals surface area contributed by atoms with Gasteiger partial charge in [0.2, 0.25) is 0 Å². The molecule has 0 bridgehead atoms. The second-order valence-electron chi connectivity index (χ2n) is 14.2. The highest BCUT2D eigenvalue weighted by Crippen LogP contribution is 2.20. The molecule has 52 heavy (non-hydrogen) atoms. The molecule has 5 atom stereocenters. The number of hydrogen-bond donors (Lipinski definition) is 3. The summed E-state index contributed by atoms with van der Waals surface area (Å²) in [4.78, 5) is 93.5. The molecule has 1 aromatic carbocycles. The minimum Gasteiger partial charge on any atom is -0.480 e. The number of rotatable bonds is 20. The van der Waals surface area contributed by atoms with E-state index in [1.54, 1.807) is 9.80 Å². The summed E-state index contributed by atoms with van der Waals surface area (Å²) < 4.78 is 0. The lowest BCUT2D eigenvalue weighted by atomic mass is 10.0. The highest BCUT2D eigenvalue weighted by molar-refractivity contribution is 5.79. The number of carbonyl (C=O) groups excluding carboxylic acids is 4. The van der Waals surface area contributed by atoms with Crippen molar-refractivity contribution in [2.24, 2.45) is 0 Å². The maximum atomic E-state index is 13.0. The zero-order chi connectivity index (χ0) is 39.0. The molecule has 14 nitrogen and oxygen atoms in total. The lowest BCUT2D eigenvalue weighted by Crippen LogP contribution is -2.58. The molecule has 1 aromatic rings. The normalized spacial score (nSPS) is 19.7. The third-order valence-corrected chi connectivity index (χ3v) is 9.98. The number of carboxylic acids is 3. The fraction of sp³-hybridized carbons (Fsp3) is 0.658. The molecule has 0 radical (unpaired) electrons. The molecule has 1 heterocycles. The second-order valence-corrected chi connectivity index (χ2v) is 14.2. The van der Waals surface area contributed by atoms with E-state index in [0.29, 0.717) is 6.42 Å². The van der Waals surface area contributed by atoms with Crippen LogP contribution in [-0.4, -0.2) is 152 Å². The van der Waals surface area contributed by atoms with Gasteiger partial charge in [-0.2, -0.15) is 0 Å². The number of aryl methyl sites for hydroxylation is 2. The summed E-state index contributed by atoms with van der Waals surface area (Å²) in [5.74, 6) is -3.77. The van der Waals surface area contributed by atoms with E-state index in [2.05, 4.69) is 0 Å². The van der Waals surface area contributed by atoms with Gasteiger partial charge in [0.05, 0.1) is 6.04 Å². The lowest BCUT2D eigenvalue weighted by Gasteiger charge is -2.42. The molecule has 0 spiro atoms. The van der Waals surface area contributed by atoms with Crippen LogP contribution < -0.4 is 0 Å². The van der Waals surface area contributed by atoms with Crippen molar-refractivity contribution in [3.05, 3.63) is 35.4 Å². The molecule has 290 valence electrons. The van der Waals surface area contributed by atoms with Crippen LogP contribution in [0.5, 0.6) is 0 Å². The number of carboxylic acid groups (broad SMARTS) is 3. The van der Waals surface area contributed by atoms with Crippen LogP contribution in [0.1, 0.15) is 83.8 Å². The fourth-order valence-corrected chi connectivity index (χ4v) is 6.91. The van der Waals surface area contributed by atoms with Crippen LogP contribution in [-0.2, 0) is 40.0 Å². The van der Waals surface area contributed by atoms with Crippen LogP contribution in [0.25, 0.3) is 0 Å². The Balaban J connectivity index is 2.63. The number of nitrogens with zero attached hydrogens (tertiary/aromatic N) is 4. The molecule has 1 aliphatic rings.